The van der Waals surface area contributed by atoms with Gasteiger partial charge in [-0.15, -0.1) is 0 Å². The van der Waals surface area contributed by atoms with Crippen molar-refractivity contribution in [3.63, 3.8) is 0 Å². The fourth-order valence-corrected chi connectivity index (χ4v) is 4.60. The molecule has 174 valence electrons. The average molecular weight is 457 g/mol. The Kier molecular flexibility index (Phi) is 6.01. The zero-order valence-electron chi connectivity index (χ0n) is 18.3. The number of rotatable bonds is 5. The summed E-state index contributed by atoms with van der Waals surface area (Å²) >= 11 is 0. The van der Waals surface area contributed by atoms with E-state index < -0.39 is 35.0 Å². The lowest BCUT2D eigenvalue weighted by atomic mass is 9.84. The van der Waals surface area contributed by atoms with Crippen LogP contribution in [-0.4, -0.2) is 53.4 Å². The van der Waals surface area contributed by atoms with Crippen molar-refractivity contribution in [2.45, 2.75) is 31.8 Å². The fraction of sp³-hybridized carbons (Fsp3) is 0.391. The van der Waals surface area contributed by atoms with Crippen LogP contribution in [0.1, 0.15) is 26.0 Å². The normalized spacial score (nSPS) is 23.8. The number of pyridine rings is 1. The van der Waals surface area contributed by atoms with Crippen molar-refractivity contribution in [1.29, 1.82) is 0 Å². The third-order valence-corrected chi connectivity index (χ3v) is 6.25. The van der Waals surface area contributed by atoms with Gasteiger partial charge in [0.1, 0.15) is 0 Å². The number of piperazine rings is 1. The van der Waals surface area contributed by atoms with E-state index in [0.717, 1.165) is 12.1 Å². The van der Waals surface area contributed by atoms with Gasteiger partial charge >= 0.3 is 6.03 Å². The zero-order valence-corrected chi connectivity index (χ0v) is 18.3. The number of anilines is 1. The highest BCUT2D eigenvalue weighted by atomic mass is 19.2. The average Bonchev–Trinajstić information content (AvgIpc) is 3.09. The number of hydrogen-bond acceptors (Lipinski definition) is 5. The highest BCUT2D eigenvalue weighted by molar-refractivity contribution is 6.07. The topological polar surface area (TPSA) is 94.6 Å². The Morgan fingerprint density at radius 3 is 2.61 bits per heavy atom. The first kappa shape index (κ1) is 22.6. The van der Waals surface area contributed by atoms with Crippen LogP contribution in [0, 0.1) is 17.6 Å². The van der Waals surface area contributed by atoms with Crippen LogP contribution in [0.5, 0.6) is 0 Å². The summed E-state index contributed by atoms with van der Waals surface area (Å²) < 4.78 is 27.0. The Balaban J connectivity index is 1.47. The number of halogens is 2. The molecule has 0 spiro atoms. The van der Waals surface area contributed by atoms with Gasteiger partial charge < -0.3 is 15.1 Å². The molecule has 1 aromatic heterocycles. The molecule has 2 saturated heterocycles. The summed E-state index contributed by atoms with van der Waals surface area (Å²) in [5, 5.41) is 4.91. The zero-order chi connectivity index (χ0) is 23.8. The third kappa shape index (κ3) is 4.24. The SMILES string of the molecule is CC(CC1(c2ccccn2)NC(=O)NC1=O)C(=O)N1CCN(c2ccc(F)c(F)c2)[C@@H](C)C1. The van der Waals surface area contributed by atoms with Crippen LogP contribution in [0.2, 0.25) is 0 Å². The summed E-state index contributed by atoms with van der Waals surface area (Å²) in [7, 11) is 0. The first-order valence-corrected chi connectivity index (χ1v) is 10.8. The van der Waals surface area contributed by atoms with Gasteiger partial charge in [-0.2, -0.15) is 0 Å². The van der Waals surface area contributed by atoms with E-state index in [4.69, 9.17) is 0 Å². The molecule has 3 atom stereocenters. The molecule has 2 N–H and O–H groups in total. The van der Waals surface area contributed by atoms with Crippen molar-refractivity contribution in [2.24, 2.45) is 5.92 Å². The van der Waals surface area contributed by atoms with Crippen LogP contribution in [0.15, 0.2) is 42.6 Å². The maximum absolute atomic E-state index is 13.7. The van der Waals surface area contributed by atoms with Crippen LogP contribution in [0.25, 0.3) is 0 Å². The van der Waals surface area contributed by atoms with Crippen molar-refractivity contribution >= 4 is 23.5 Å². The Labute approximate surface area is 190 Å². The Bertz CT molecular complexity index is 1080. The van der Waals surface area contributed by atoms with Crippen LogP contribution in [-0.2, 0) is 15.1 Å². The molecule has 2 aliphatic heterocycles. The molecule has 4 rings (SSSR count). The first-order chi connectivity index (χ1) is 15.7. The third-order valence-electron chi connectivity index (χ3n) is 6.25. The Morgan fingerprint density at radius 2 is 2.00 bits per heavy atom. The Morgan fingerprint density at radius 1 is 1.21 bits per heavy atom. The summed E-state index contributed by atoms with van der Waals surface area (Å²) in [4.78, 5) is 45.8. The van der Waals surface area contributed by atoms with Gasteiger partial charge in [-0.3, -0.25) is 19.9 Å². The number of carbonyl (C=O) groups excluding carboxylic acids is 3. The van der Waals surface area contributed by atoms with Crippen molar-refractivity contribution < 1.29 is 23.2 Å². The van der Waals surface area contributed by atoms with Crippen LogP contribution in [0.3, 0.4) is 0 Å². The number of benzene rings is 1. The van der Waals surface area contributed by atoms with Gasteiger partial charge in [0, 0.05) is 49.5 Å². The highest BCUT2D eigenvalue weighted by Gasteiger charge is 2.50. The Hall–Kier alpha value is -3.56. The molecule has 10 heteroatoms. The maximum Gasteiger partial charge on any atom is 0.322 e. The molecular formula is C23H25F2N5O3. The molecular weight excluding hydrogens is 432 g/mol. The van der Waals surface area contributed by atoms with Gasteiger partial charge in [0.05, 0.1) is 5.69 Å². The lowest BCUT2D eigenvalue weighted by molar-refractivity contribution is -0.137. The van der Waals surface area contributed by atoms with Crippen LogP contribution >= 0.6 is 0 Å². The highest BCUT2D eigenvalue weighted by Crippen LogP contribution is 2.32. The minimum atomic E-state index is -1.42. The molecule has 0 aliphatic carbocycles. The summed E-state index contributed by atoms with van der Waals surface area (Å²) in [6.45, 7) is 4.86. The number of urea groups is 1. The molecule has 33 heavy (non-hydrogen) atoms. The van der Waals surface area contributed by atoms with Gasteiger partial charge in [-0.1, -0.05) is 13.0 Å². The molecule has 2 fully saturated rings. The van der Waals surface area contributed by atoms with E-state index in [-0.39, 0.29) is 18.4 Å². The van der Waals surface area contributed by atoms with Crippen LogP contribution in [0.4, 0.5) is 19.3 Å². The van der Waals surface area contributed by atoms with Gasteiger partial charge in [-0.25, -0.2) is 13.6 Å². The lowest BCUT2D eigenvalue weighted by Crippen LogP contribution is -2.55. The molecule has 2 aliphatic rings. The van der Waals surface area contributed by atoms with Crippen molar-refractivity contribution in [3.8, 4) is 0 Å². The second kappa shape index (κ2) is 8.76. The molecule has 2 unspecified atom stereocenters. The standard InChI is InChI=1S/C23H25F2N5O3/c1-14(12-23(19-5-3-4-8-26-19)21(32)27-22(33)28-23)20(31)29-9-10-30(15(2)13-29)16-6-7-17(24)18(25)11-16/h3-8,11,14-15H,9-10,12-13H2,1-2H3,(H2,27,28,32,33)/t14?,15-,23?/m0/s1. The quantitative estimate of drug-likeness (QED) is 0.671. The number of carbonyl (C=O) groups is 3. The molecule has 0 saturated carbocycles. The second-order valence-electron chi connectivity index (χ2n) is 8.56. The predicted molar refractivity (Wildman–Crippen MR) is 116 cm³/mol. The van der Waals surface area contributed by atoms with E-state index in [1.165, 1.54) is 12.3 Å². The summed E-state index contributed by atoms with van der Waals surface area (Å²) in [6, 6.07) is 8.08. The summed E-state index contributed by atoms with van der Waals surface area (Å²) in [5.74, 6) is -3.10. The van der Waals surface area contributed by atoms with Gasteiger partial charge in [0.15, 0.2) is 17.2 Å². The minimum absolute atomic E-state index is 0.0538. The number of nitrogens with one attached hydrogen (secondary N) is 2. The molecule has 0 bridgehead atoms. The molecule has 8 nitrogen and oxygen atoms in total. The largest absolute Gasteiger partial charge is 0.365 e. The fourth-order valence-electron chi connectivity index (χ4n) is 4.60. The van der Waals surface area contributed by atoms with E-state index in [0.29, 0.717) is 31.0 Å². The van der Waals surface area contributed by atoms with E-state index in [1.54, 1.807) is 30.0 Å². The molecule has 3 heterocycles. The first-order valence-electron chi connectivity index (χ1n) is 10.8. The van der Waals surface area contributed by atoms with Crippen molar-refractivity contribution in [3.05, 3.63) is 59.9 Å². The van der Waals surface area contributed by atoms with E-state index in [9.17, 15) is 23.2 Å². The van der Waals surface area contributed by atoms with E-state index >= 15 is 0 Å². The van der Waals surface area contributed by atoms with Gasteiger partial charge in [0.2, 0.25) is 5.91 Å². The monoisotopic (exact) mass is 457 g/mol. The van der Waals surface area contributed by atoms with E-state index in [2.05, 4.69) is 15.6 Å². The van der Waals surface area contributed by atoms with Gasteiger partial charge in [-0.05, 0) is 37.6 Å². The predicted octanol–water partition coefficient (Wildman–Crippen LogP) is 2.16. The molecule has 0 radical (unpaired) electrons. The van der Waals surface area contributed by atoms with Crippen molar-refractivity contribution in [1.82, 2.24) is 20.5 Å². The minimum Gasteiger partial charge on any atom is -0.365 e. The smallest absolute Gasteiger partial charge is 0.322 e. The molecule has 4 amide bonds. The summed E-state index contributed by atoms with van der Waals surface area (Å²) in [5.41, 5.74) is -0.502. The number of aromatic nitrogens is 1. The number of imide groups is 1. The summed E-state index contributed by atoms with van der Waals surface area (Å²) in [6.07, 6.45) is 1.58. The molecule has 2 aromatic rings. The maximum atomic E-state index is 13.7. The van der Waals surface area contributed by atoms with E-state index in [1.807, 2.05) is 11.8 Å². The number of nitrogens with zero attached hydrogens (tertiary/aromatic N) is 3. The van der Waals surface area contributed by atoms with Crippen LogP contribution < -0.4 is 15.5 Å². The van der Waals surface area contributed by atoms with Gasteiger partial charge in [0.25, 0.3) is 5.91 Å². The van der Waals surface area contributed by atoms with Crippen molar-refractivity contribution in [2.75, 3.05) is 24.5 Å². The number of hydrogen-bond donors (Lipinski definition) is 2. The lowest BCUT2D eigenvalue weighted by Gasteiger charge is -2.42. The molecule has 1 aromatic carbocycles. The second-order valence-corrected chi connectivity index (χ2v) is 8.56. The number of amides is 4.